The number of nitrogens with one attached hydrogen (secondary N) is 1. The Morgan fingerprint density at radius 3 is 2.70 bits per heavy atom. The van der Waals surface area contributed by atoms with E-state index in [9.17, 15) is 9.59 Å². The third-order valence-electron chi connectivity index (χ3n) is 2.72. The van der Waals surface area contributed by atoms with E-state index in [0.29, 0.717) is 5.56 Å². The topological polar surface area (TPSA) is 84.2 Å². The number of carboxylic acid groups (broad SMARTS) is 1. The van der Waals surface area contributed by atoms with Crippen LogP contribution < -0.4 is 5.32 Å². The third kappa shape index (κ3) is 3.44. The van der Waals surface area contributed by atoms with Crippen molar-refractivity contribution in [1.82, 2.24) is 15.1 Å². The molecule has 0 aliphatic heterocycles. The lowest BCUT2D eigenvalue weighted by molar-refractivity contribution is -0.137. The summed E-state index contributed by atoms with van der Waals surface area (Å²) in [5.74, 6) is -1.28. The molecule has 6 heteroatoms. The molecular weight excluding hydrogens is 258 g/mol. The molecule has 20 heavy (non-hydrogen) atoms. The zero-order valence-corrected chi connectivity index (χ0v) is 11.0. The molecule has 1 aromatic heterocycles. The van der Waals surface area contributed by atoms with Crippen LogP contribution in [0.25, 0.3) is 5.69 Å². The molecule has 1 amide bonds. The maximum Gasteiger partial charge on any atom is 0.305 e. The summed E-state index contributed by atoms with van der Waals surface area (Å²) in [5.41, 5.74) is 1.25. The molecule has 1 unspecified atom stereocenters. The smallest absolute Gasteiger partial charge is 0.305 e. The van der Waals surface area contributed by atoms with Gasteiger partial charge in [-0.1, -0.05) is 18.2 Å². The molecule has 0 aliphatic carbocycles. The normalized spacial score (nSPS) is 11.8. The lowest BCUT2D eigenvalue weighted by Crippen LogP contribution is -2.33. The largest absolute Gasteiger partial charge is 0.481 e. The average Bonchev–Trinajstić information content (AvgIpc) is 2.88. The van der Waals surface area contributed by atoms with Crippen molar-refractivity contribution >= 4 is 11.9 Å². The average molecular weight is 273 g/mol. The SMILES string of the molecule is CC(CC(=O)O)NC(=O)c1cnn(-c2ccccc2)c1. The van der Waals surface area contributed by atoms with Gasteiger partial charge in [-0.2, -0.15) is 5.10 Å². The fourth-order valence-corrected chi connectivity index (χ4v) is 1.78. The van der Waals surface area contributed by atoms with E-state index in [1.54, 1.807) is 17.8 Å². The van der Waals surface area contributed by atoms with Gasteiger partial charge in [0.25, 0.3) is 5.91 Å². The van der Waals surface area contributed by atoms with Gasteiger partial charge in [-0.3, -0.25) is 9.59 Å². The molecule has 0 bridgehead atoms. The minimum absolute atomic E-state index is 0.113. The molecule has 1 heterocycles. The minimum Gasteiger partial charge on any atom is -0.481 e. The second-order valence-electron chi connectivity index (χ2n) is 4.48. The molecule has 0 aliphatic rings. The van der Waals surface area contributed by atoms with Crippen molar-refractivity contribution in [2.45, 2.75) is 19.4 Å². The fourth-order valence-electron chi connectivity index (χ4n) is 1.78. The highest BCUT2D eigenvalue weighted by Gasteiger charge is 2.14. The Hall–Kier alpha value is -2.63. The van der Waals surface area contributed by atoms with E-state index < -0.39 is 12.0 Å². The zero-order chi connectivity index (χ0) is 14.5. The Kier molecular flexibility index (Phi) is 4.14. The van der Waals surface area contributed by atoms with Crippen LogP contribution in [0.3, 0.4) is 0 Å². The van der Waals surface area contributed by atoms with Gasteiger partial charge in [0.1, 0.15) is 0 Å². The summed E-state index contributed by atoms with van der Waals surface area (Å²) in [6, 6.07) is 8.98. The van der Waals surface area contributed by atoms with Gasteiger partial charge in [-0.25, -0.2) is 4.68 Å². The van der Waals surface area contributed by atoms with Crippen LogP contribution in [0.15, 0.2) is 42.7 Å². The van der Waals surface area contributed by atoms with E-state index in [1.165, 1.54) is 6.20 Å². The number of benzene rings is 1. The molecule has 1 atom stereocenters. The van der Waals surface area contributed by atoms with Crippen LogP contribution in [0, 0.1) is 0 Å². The van der Waals surface area contributed by atoms with E-state index in [4.69, 9.17) is 5.11 Å². The third-order valence-corrected chi connectivity index (χ3v) is 2.72. The first-order valence-electron chi connectivity index (χ1n) is 6.19. The van der Waals surface area contributed by atoms with Crippen molar-refractivity contribution in [1.29, 1.82) is 0 Å². The Morgan fingerprint density at radius 2 is 2.05 bits per heavy atom. The predicted octanol–water partition coefficient (Wildman–Crippen LogP) is 1.47. The summed E-state index contributed by atoms with van der Waals surface area (Å²) in [6.07, 6.45) is 2.95. The number of para-hydroxylation sites is 1. The summed E-state index contributed by atoms with van der Waals surface area (Å²) in [4.78, 5) is 22.5. The maximum atomic E-state index is 11.9. The standard InChI is InChI=1S/C14H15N3O3/c1-10(7-13(18)19)16-14(20)11-8-15-17(9-11)12-5-3-2-4-6-12/h2-6,8-10H,7H2,1H3,(H,16,20)(H,18,19). The van der Waals surface area contributed by atoms with E-state index in [-0.39, 0.29) is 12.3 Å². The van der Waals surface area contributed by atoms with Crippen LogP contribution in [-0.2, 0) is 4.79 Å². The second kappa shape index (κ2) is 6.01. The van der Waals surface area contributed by atoms with Gasteiger partial charge in [0, 0.05) is 12.2 Å². The Morgan fingerprint density at radius 1 is 1.35 bits per heavy atom. The first kappa shape index (κ1) is 13.8. The van der Waals surface area contributed by atoms with Crippen LogP contribution in [0.5, 0.6) is 0 Å². The number of rotatable bonds is 5. The second-order valence-corrected chi connectivity index (χ2v) is 4.48. The number of aliphatic carboxylic acids is 1. The number of aromatic nitrogens is 2. The Bertz CT molecular complexity index is 607. The van der Waals surface area contributed by atoms with Gasteiger partial charge in [0.2, 0.25) is 0 Å². The van der Waals surface area contributed by atoms with Crippen molar-refractivity contribution < 1.29 is 14.7 Å². The highest BCUT2D eigenvalue weighted by Crippen LogP contribution is 2.08. The van der Waals surface area contributed by atoms with Crippen LogP contribution >= 0.6 is 0 Å². The maximum absolute atomic E-state index is 11.9. The summed E-state index contributed by atoms with van der Waals surface area (Å²) in [7, 11) is 0. The quantitative estimate of drug-likeness (QED) is 0.864. The van der Waals surface area contributed by atoms with Gasteiger partial charge in [-0.15, -0.1) is 0 Å². The first-order valence-corrected chi connectivity index (χ1v) is 6.19. The molecule has 0 spiro atoms. The summed E-state index contributed by atoms with van der Waals surface area (Å²) < 4.78 is 1.59. The van der Waals surface area contributed by atoms with Crippen molar-refractivity contribution in [3.05, 3.63) is 48.3 Å². The van der Waals surface area contributed by atoms with E-state index >= 15 is 0 Å². The van der Waals surface area contributed by atoms with Crippen LogP contribution in [0.1, 0.15) is 23.7 Å². The lowest BCUT2D eigenvalue weighted by atomic mass is 10.2. The van der Waals surface area contributed by atoms with Crippen LogP contribution in [-0.4, -0.2) is 32.8 Å². The Balaban J connectivity index is 2.05. The number of carboxylic acids is 1. The summed E-state index contributed by atoms with van der Waals surface area (Å²) >= 11 is 0. The number of nitrogens with zero attached hydrogens (tertiary/aromatic N) is 2. The molecule has 2 N–H and O–H groups in total. The molecule has 2 rings (SSSR count). The number of hydrogen-bond donors (Lipinski definition) is 2. The van der Waals surface area contributed by atoms with E-state index in [2.05, 4.69) is 10.4 Å². The number of carbonyl (C=O) groups excluding carboxylic acids is 1. The lowest BCUT2D eigenvalue weighted by Gasteiger charge is -2.09. The fraction of sp³-hybridized carbons (Fsp3) is 0.214. The van der Waals surface area contributed by atoms with Gasteiger partial charge >= 0.3 is 5.97 Å². The molecule has 1 aromatic carbocycles. The zero-order valence-electron chi connectivity index (χ0n) is 11.0. The molecule has 0 saturated carbocycles. The van der Waals surface area contributed by atoms with Crippen molar-refractivity contribution in [2.24, 2.45) is 0 Å². The van der Waals surface area contributed by atoms with Gasteiger partial charge in [0.05, 0.1) is 23.9 Å². The van der Waals surface area contributed by atoms with Crippen LogP contribution in [0.2, 0.25) is 0 Å². The molecule has 104 valence electrons. The van der Waals surface area contributed by atoms with E-state index in [0.717, 1.165) is 5.69 Å². The van der Waals surface area contributed by atoms with E-state index in [1.807, 2.05) is 30.3 Å². The predicted molar refractivity (Wildman–Crippen MR) is 72.7 cm³/mol. The molecule has 0 radical (unpaired) electrons. The number of hydrogen-bond acceptors (Lipinski definition) is 3. The van der Waals surface area contributed by atoms with Gasteiger partial charge in [-0.05, 0) is 19.1 Å². The number of amides is 1. The van der Waals surface area contributed by atoms with Crippen LogP contribution in [0.4, 0.5) is 0 Å². The molecule has 0 fully saturated rings. The van der Waals surface area contributed by atoms with Gasteiger partial charge < -0.3 is 10.4 Å². The molecular formula is C14H15N3O3. The van der Waals surface area contributed by atoms with Crippen molar-refractivity contribution in [3.63, 3.8) is 0 Å². The highest BCUT2D eigenvalue weighted by molar-refractivity contribution is 5.94. The highest BCUT2D eigenvalue weighted by atomic mass is 16.4. The first-order chi connectivity index (χ1) is 9.56. The van der Waals surface area contributed by atoms with Gasteiger partial charge in [0.15, 0.2) is 0 Å². The van der Waals surface area contributed by atoms with Crippen molar-refractivity contribution in [3.8, 4) is 5.69 Å². The monoisotopic (exact) mass is 273 g/mol. The number of carbonyl (C=O) groups is 2. The summed E-state index contributed by atoms with van der Waals surface area (Å²) in [5, 5.41) is 15.4. The summed E-state index contributed by atoms with van der Waals surface area (Å²) in [6.45, 7) is 1.65. The molecule has 2 aromatic rings. The minimum atomic E-state index is -0.946. The molecule has 0 saturated heterocycles. The van der Waals surface area contributed by atoms with Crippen molar-refractivity contribution in [2.75, 3.05) is 0 Å². The Labute approximate surface area is 116 Å². The molecule has 6 nitrogen and oxygen atoms in total.